The fraction of sp³-hybridized carbons (Fsp3) is 0.846. The summed E-state index contributed by atoms with van der Waals surface area (Å²) in [4.78, 5) is 0. The third-order valence-electron chi connectivity index (χ3n) is 3.74. The molecule has 2 rings (SSSR count). The number of hydrogen-bond acceptors (Lipinski definition) is 3. The monoisotopic (exact) mass is 237 g/mol. The number of aromatic nitrogens is 3. The number of aliphatic hydroxyl groups excluding tert-OH is 1. The van der Waals surface area contributed by atoms with Gasteiger partial charge in [0.25, 0.3) is 0 Å². The molecular weight excluding hydrogens is 214 g/mol. The molecule has 96 valence electrons. The van der Waals surface area contributed by atoms with Crippen molar-refractivity contribution >= 4 is 0 Å². The topological polar surface area (TPSA) is 50.9 Å². The second kappa shape index (κ2) is 5.17. The van der Waals surface area contributed by atoms with Gasteiger partial charge in [-0.2, -0.15) is 0 Å². The largest absolute Gasteiger partial charge is 0.388 e. The van der Waals surface area contributed by atoms with Crippen LogP contribution in [0, 0.1) is 11.8 Å². The molecule has 1 saturated carbocycles. The van der Waals surface area contributed by atoms with E-state index in [-0.39, 0.29) is 6.61 Å². The van der Waals surface area contributed by atoms with Gasteiger partial charge in [-0.05, 0) is 24.7 Å². The Balaban J connectivity index is 2.29. The van der Waals surface area contributed by atoms with Crippen LogP contribution >= 0.6 is 0 Å². The maximum absolute atomic E-state index is 9.33. The standard InChI is InChI=1S/C13H23N3O/c1-9(2)7-16-12(8-17)14-15-13(16)11-6-4-5-10(11)3/h9-11,17H,4-8H2,1-3H3. The van der Waals surface area contributed by atoms with Crippen LogP contribution in [0.2, 0.25) is 0 Å². The first-order valence-corrected chi connectivity index (χ1v) is 6.66. The van der Waals surface area contributed by atoms with Crippen LogP contribution in [0.25, 0.3) is 0 Å². The van der Waals surface area contributed by atoms with Crippen molar-refractivity contribution in [2.45, 2.75) is 59.1 Å². The highest BCUT2D eigenvalue weighted by Gasteiger charge is 2.30. The van der Waals surface area contributed by atoms with Gasteiger partial charge >= 0.3 is 0 Å². The average molecular weight is 237 g/mol. The maximum atomic E-state index is 9.33. The van der Waals surface area contributed by atoms with Crippen molar-refractivity contribution in [3.8, 4) is 0 Å². The summed E-state index contributed by atoms with van der Waals surface area (Å²) in [6.45, 7) is 7.55. The van der Waals surface area contributed by atoms with Gasteiger partial charge in [0.05, 0.1) is 0 Å². The molecular formula is C13H23N3O. The van der Waals surface area contributed by atoms with E-state index in [2.05, 4.69) is 35.5 Å². The zero-order chi connectivity index (χ0) is 12.4. The van der Waals surface area contributed by atoms with Gasteiger partial charge < -0.3 is 9.67 Å². The molecule has 1 N–H and O–H groups in total. The van der Waals surface area contributed by atoms with Crippen molar-refractivity contribution in [1.82, 2.24) is 14.8 Å². The van der Waals surface area contributed by atoms with Crippen molar-refractivity contribution in [3.05, 3.63) is 11.6 Å². The lowest BCUT2D eigenvalue weighted by molar-refractivity contribution is 0.261. The summed E-state index contributed by atoms with van der Waals surface area (Å²) >= 11 is 0. The number of aliphatic hydroxyl groups is 1. The molecule has 0 spiro atoms. The molecule has 1 aromatic heterocycles. The Morgan fingerprint density at radius 3 is 2.65 bits per heavy atom. The first-order valence-electron chi connectivity index (χ1n) is 6.66. The minimum absolute atomic E-state index is 0.0131. The van der Waals surface area contributed by atoms with Crippen LogP contribution in [0.1, 0.15) is 57.6 Å². The Labute approximate surface area is 103 Å². The highest BCUT2D eigenvalue weighted by molar-refractivity contribution is 5.05. The molecule has 2 unspecified atom stereocenters. The molecule has 2 atom stereocenters. The van der Waals surface area contributed by atoms with Crippen molar-refractivity contribution in [2.75, 3.05) is 0 Å². The molecule has 1 aliphatic carbocycles. The first kappa shape index (κ1) is 12.6. The molecule has 1 aromatic rings. The van der Waals surface area contributed by atoms with E-state index in [1.54, 1.807) is 0 Å². The summed E-state index contributed by atoms with van der Waals surface area (Å²) in [5.41, 5.74) is 0. The summed E-state index contributed by atoms with van der Waals surface area (Å²) in [7, 11) is 0. The predicted octanol–water partition coefficient (Wildman–Crippen LogP) is 2.33. The fourth-order valence-electron chi connectivity index (χ4n) is 2.83. The second-order valence-electron chi connectivity index (χ2n) is 5.65. The summed E-state index contributed by atoms with van der Waals surface area (Å²) in [5.74, 6) is 3.57. The minimum atomic E-state index is -0.0131. The fourth-order valence-corrected chi connectivity index (χ4v) is 2.83. The number of nitrogens with zero attached hydrogens (tertiary/aromatic N) is 3. The Morgan fingerprint density at radius 2 is 2.12 bits per heavy atom. The van der Waals surface area contributed by atoms with Gasteiger partial charge in [-0.15, -0.1) is 10.2 Å². The molecule has 0 aliphatic heterocycles. The summed E-state index contributed by atoms with van der Waals surface area (Å²) in [5, 5.41) is 17.8. The Hall–Kier alpha value is -0.900. The van der Waals surface area contributed by atoms with E-state index in [4.69, 9.17) is 0 Å². The molecule has 0 bridgehead atoms. The van der Waals surface area contributed by atoms with E-state index >= 15 is 0 Å². The first-order chi connectivity index (χ1) is 8.13. The minimum Gasteiger partial charge on any atom is -0.388 e. The molecule has 1 heterocycles. The van der Waals surface area contributed by atoms with E-state index in [9.17, 15) is 5.11 Å². The zero-order valence-electron chi connectivity index (χ0n) is 11.1. The molecule has 1 fully saturated rings. The second-order valence-corrected chi connectivity index (χ2v) is 5.65. The van der Waals surface area contributed by atoms with E-state index in [1.165, 1.54) is 19.3 Å². The molecule has 0 saturated heterocycles. The van der Waals surface area contributed by atoms with Gasteiger partial charge in [-0.3, -0.25) is 0 Å². The summed E-state index contributed by atoms with van der Waals surface area (Å²) in [6.07, 6.45) is 3.78. The van der Waals surface area contributed by atoms with Crippen LogP contribution in [0.15, 0.2) is 0 Å². The molecule has 1 aliphatic rings. The van der Waals surface area contributed by atoms with Crippen molar-refractivity contribution in [2.24, 2.45) is 11.8 Å². The van der Waals surface area contributed by atoms with Gasteiger partial charge in [0.2, 0.25) is 0 Å². The van der Waals surface area contributed by atoms with E-state index in [1.807, 2.05) is 0 Å². The lowest BCUT2D eigenvalue weighted by Gasteiger charge is -2.18. The lowest BCUT2D eigenvalue weighted by Crippen LogP contribution is -2.16. The summed E-state index contributed by atoms with van der Waals surface area (Å²) < 4.78 is 2.14. The summed E-state index contributed by atoms with van der Waals surface area (Å²) in [6, 6.07) is 0. The van der Waals surface area contributed by atoms with Crippen molar-refractivity contribution in [1.29, 1.82) is 0 Å². The molecule has 4 nitrogen and oxygen atoms in total. The van der Waals surface area contributed by atoms with E-state index in [0.717, 1.165) is 12.4 Å². The smallest absolute Gasteiger partial charge is 0.158 e. The van der Waals surface area contributed by atoms with Crippen LogP contribution in [-0.2, 0) is 13.2 Å². The predicted molar refractivity (Wildman–Crippen MR) is 66.5 cm³/mol. The average Bonchev–Trinajstić information content (AvgIpc) is 2.84. The highest BCUT2D eigenvalue weighted by atomic mass is 16.3. The number of hydrogen-bond donors (Lipinski definition) is 1. The van der Waals surface area contributed by atoms with E-state index in [0.29, 0.717) is 23.6 Å². The molecule has 0 aromatic carbocycles. The number of rotatable bonds is 4. The highest BCUT2D eigenvalue weighted by Crippen LogP contribution is 2.38. The van der Waals surface area contributed by atoms with Gasteiger partial charge in [-0.25, -0.2) is 0 Å². The van der Waals surface area contributed by atoms with Crippen LogP contribution in [-0.4, -0.2) is 19.9 Å². The van der Waals surface area contributed by atoms with Gasteiger partial charge in [0.15, 0.2) is 5.82 Å². The van der Waals surface area contributed by atoms with Crippen LogP contribution in [0.5, 0.6) is 0 Å². The third-order valence-corrected chi connectivity index (χ3v) is 3.74. The maximum Gasteiger partial charge on any atom is 0.158 e. The molecule has 4 heteroatoms. The third kappa shape index (κ3) is 2.51. The Bertz CT molecular complexity index is 373. The van der Waals surface area contributed by atoms with Crippen molar-refractivity contribution in [3.63, 3.8) is 0 Å². The lowest BCUT2D eigenvalue weighted by atomic mass is 9.97. The molecule has 17 heavy (non-hydrogen) atoms. The SMILES string of the molecule is CC(C)Cn1c(CO)nnc1C1CCCC1C. The molecule has 0 radical (unpaired) electrons. The van der Waals surface area contributed by atoms with Gasteiger partial charge in [0.1, 0.15) is 12.4 Å². The van der Waals surface area contributed by atoms with Crippen LogP contribution < -0.4 is 0 Å². The van der Waals surface area contributed by atoms with Crippen LogP contribution in [0.3, 0.4) is 0 Å². The quantitative estimate of drug-likeness (QED) is 0.874. The zero-order valence-corrected chi connectivity index (χ0v) is 11.1. The Kier molecular flexibility index (Phi) is 3.82. The van der Waals surface area contributed by atoms with Gasteiger partial charge in [-0.1, -0.05) is 27.2 Å². The Morgan fingerprint density at radius 1 is 1.35 bits per heavy atom. The van der Waals surface area contributed by atoms with Crippen molar-refractivity contribution < 1.29 is 5.11 Å². The van der Waals surface area contributed by atoms with Gasteiger partial charge in [0, 0.05) is 12.5 Å². The van der Waals surface area contributed by atoms with E-state index < -0.39 is 0 Å². The normalized spacial score (nSPS) is 24.8. The van der Waals surface area contributed by atoms with Crippen LogP contribution in [0.4, 0.5) is 0 Å². The molecule has 0 amide bonds.